The molecule has 0 atom stereocenters. The van der Waals surface area contributed by atoms with E-state index in [9.17, 15) is 0 Å². The van der Waals surface area contributed by atoms with E-state index in [1.807, 2.05) is 48.7 Å². The fourth-order valence-corrected chi connectivity index (χ4v) is 3.76. The van der Waals surface area contributed by atoms with Crippen LogP contribution >= 0.6 is 0 Å². The molecule has 1 heterocycles. The number of pyridine rings is 1. The molecular weight excluding hydrogens is 402 g/mol. The molecule has 0 aliphatic rings. The van der Waals surface area contributed by atoms with E-state index in [2.05, 4.69) is 82.4 Å². The third-order valence-electron chi connectivity index (χ3n) is 5.38. The van der Waals surface area contributed by atoms with Gasteiger partial charge in [0.25, 0.3) is 0 Å². The first-order valence-corrected chi connectivity index (χ1v) is 10.6. The maximum atomic E-state index is 8.93. The van der Waals surface area contributed by atoms with Gasteiger partial charge in [-0.05, 0) is 65.9 Å². The molecule has 3 nitrogen and oxygen atoms in total. The SMILES string of the molecule is N#Cc1ccc(C#Cc2ccc(N(c3ccccc3)c3cccc4ccccc34)cn2)cc1. The summed E-state index contributed by atoms with van der Waals surface area (Å²) >= 11 is 0. The maximum absolute atomic E-state index is 8.93. The molecule has 4 aromatic carbocycles. The van der Waals surface area contributed by atoms with E-state index in [4.69, 9.17) is 5.26 Å². The van der Waals surface area contributed by atoms with E-state index >= 15 is 0 Å². The van der Waals surface area contributed by atoms with Crippen molar-refractivity contribution in [3.63, 3.8) is 0 Å². The van der Waals surface area contributed by atoms with E-state index in [1.54, 1.807) is 12.1 Å². The van der Waals surface area contributed by atoms with Gasteiger partial charge in [0, 0.05) is 16.6 Å². The standard InChI is InChI=1S/C30H19N3/c31-21-24-15-13-23(14-16-24)17-18-26-19-20-28(22-32-26)33(27-9-2-1-3-10-27)30-12-6-8-25-7-4-5-11-29(25)30/h1-16,19-20,22H. The molecule has 0 radical (unpaired) electrons. The van der Waals surface area contributed by atoms with E-state index in [-0.39, 0.29) is 0 Å². The van der Waals surface area contributed by atoms with Gasteiger partial charge in [0.15, 0.2) is 0 Å². The number of aromatic nitrogens is 1. The van der Waals surface area contributed by atoms with Gasteiger partial charge in [-0.25, -0.2) is 4.98 Å². The lowest BCUT2D eigenvalue weighted by Gasteiger charge is -2.26. The van der Waals surface area contributed by atoms with E-state index in [0.29, 0.717) is 11.3 Å². The zero-order chi connectivity index (χ0) is 22.5. The quantitative estimate of drug-likeness (QED) is 0.295. The van der Waals surface area contributed by atoms with Crippen molar-refractivity contribution >= 4 is 27.8 Å². The number of para-hydroxylation sites is 1. The normalized spacial score (nSPS) is 10.2. The summed E-state index contributed by atoms with van der Waals surface area (Å²) in [7, 11) is 0. The van der Waals surface area contributed by atoms with Gasteiger partial charge in [-0.3, -0.25) is 0 Å². The van der Waals surface area contributed by atoms with Gasteiger partial charge in [0.1, 0.15) is 5.69 Å². The first kappa shape index (κ1) is 20.1. The van der Waals surface area contributed by atoms with Gasteiger partial charge >= 0.3 is 0 Å². The second kappa shape index (κ2) is 9.10. The Bertz CT molecular complexity index is 1500. The van der Waals surface area contributed by atoms with E-state index in [1.165, 1.54) is 10.8 Å². The van der Waals surface area contributed by atoms with Crippen LogP contribution in [0.4, 0.5) is 17.1 Å². The molecular formula is C30H19N3. The molecule has 0 bridgehead atoms. The van der Waals surface area contributed by atoms with Crippen LogP contribution in [0.5, 0.6) is 0 Å². The zero-order valence-electron chi connectivity index (χ0n) is 17.8. The largest absolute Gasteiger partial charge is 0.308 e. The van der Waals surface area contributed by atoms with Gasteiger partial charge in [-0.1, -0.05) is 60.5 Å². The Labute approximate surface area is 193 Å². The highest BCUT2D eigenvalue weighted by Crippen LogP contribution is 2.38. The molecule has 0 saturated heterocycles. The van der Waals surface area contributed by atoms with Crippen LogP contribution < -0.4 is 4.90 Å². The van der Waals surface area contributed by atoms with Gasteiger partial charge in [-0.15, -0.1) is 0 Å². The fraction of sp³-hybridized carbons (Fsp3) is 0. The summed E-state index contributed by atoms with van der Waals surface area (Å²) in [6, 6.07) is 38.4. The molecule has 3 heteroatoms. The molecule has 0 aliphatic heterocycles. The maximum Gasteiger partial charge on any atom is 0.113 e. The van der Waals surface area contributed by atoms with Crippen molar-refractivity contribution in [3.05, 3.63) is 132 Å². The van der Waals surface area contributed by atoms with Crippen LogP contribution in [0.15, 0.2) is 115 Å². The first-order chi connectivity index (χ1) is 16.3. The van der Waals surface area contributed by atoms with Gasteiger partial charge < -0.3 is 4.90 Å². The Morgan fingerprint density at radius 2 is 1.33 bits per heavy atom. The molecule has 0 spiro atoms. The highest BCUT2D eigenvalue weighted by Gasteiger charge is 2.15. The molecule has 1 aromatic heterocycles. The molecule has 0 saturated carbocycles. The van der Waals surface area contributed by atoms with E-state index < -0.39 is 0 Å². The Morgan fingerprint density at radius 1 is 0.606 bits per heavy atom. The number of nitriles is 1. The number of nitrogens with zero attached hydrogens (tertiary/aromatic N) is 3. The first-order valence-electron chi connectivity index (χ1n) is 10.6. The highest BCUT2D eigenvalue weighted by atomic mass is 15.1. The monoisotopic (exact) mass is 421 g/mol. The molecule has 5 rings (SSSR count). The van der Waals surface area contributed by atoms with E-state index in [0.717, 1.165) is 22.6 Å². The van der Waals surface area contributed by atoms with Crippen molar-refractivity contribution < 1.29 is 0 Å². The average molecular weight is 422 g/mol. The lowest BCUT2D eigenvalue weighted by atomic mass is 10.1. The van der Waals surface area contributed by atoms with Crippen molar-refractivity contribution in [3.8, 4) is 17.9 Å². The summed E-state index contributed by atoms with van der Waals surface area (Å²) in [4.78, 5) is 6.83. The average Bonchev–Trinajstić information content (AvgIpc) is 2.89. The third-order valence-corrected chi connectivity index (χ3v) is 5.38. The topological polar surface area (TPSA) is 39.9 Å². The molecule has 5 aromatic rings. The number of hydrogen-bond donors (Lipinski definition) is 0. The molecule has 33 heavy (non-hydrogen) atoms. The van der Waals surface area contributed by atoms with Crippen molar-refractivity contribution in [2.24, 2.45) is 0 Å². The molecule has 0 fully saturated rings. The Balaban J connectivity index is 1.53. The Kier molecular flexibility index (Phi) is 5.53. The Hall–Kier alpha value is -4.86. The minimum absolute atomic E-state index is 0.623. The van der Waals surface area contributed by atoms with Crippen LogP contribution in [0.25, 0.3) is 10.8 Å². The summed E-state index contributed by atoms with van der Waals surface area (Å²) in [6.45, 7) is 0. The van der Waals surface area contributed by atoms with Crippen LogP contribution in [0.2, 0.25) is 0 Å². The molecule has 0 unspecified atom stereocenters. The third kappa shape index (κ3) is 4.30. The molecule has 0 amide bonds. The molecule has 0 aliphatic carbocycles. The minimum atomic E-state index is 0.623. The fourth-order valence-electron chi connectivity index (χ4n) is 3.76. The zero-order valence-corrected chi connectivity index (χ0v) is 17.8. The van der Waals surface area contributed by atoms with Crippen molar-refractivity contribution in [1.82, 2.24) is 4.98 Å². The highest BCUT2D eigenvalue weighted by molar-refractivity contribution is 5.98. The lowest BCUT2D eigenvalue weighted by Crippen LogP contribution is -2.10. The summed E-state index contributed by atoms with van der Waals surface area (Å²) in [5, 5.41) is 11.3. The van der Waals surface area contributed by atoms with Crippen LogP contribution in [-0.4, -0.2) is 4.98 Å². The number of rotatable bonds is 3. The smallest absolute Gasteiger partial charge is 0.113 e. The summed E-state index contributed by atoms with van der Waals surface area (Å²) in [6.07, 6.45) is 1.86. The van der Waals surface area contributed by atoms with Crippen molar-refractivity contribution in [1.29, 1.82) is 5.26 Å². The molecule has 0 N–H and O–H groups in total. The number of fused-ring (bicyclic) bond motifs is 1. The lowest BCUT2D eigenvalue weighted by molar-refractivity contribution is 1.22. The van der Waals surface area contributed by atoms with Gasteiger partial charge in [-0.2, -0.15) is 5.26 Å². The number of hydrogen-bond acceptors (Lipinski definition) is 3. The van der Waals surface area contributed by atoms with Gasteiger partial charge in [0.05, 0.1) is 29.2 Å². The Morgan fingerprint density at radius 3 is 2.09 bits per heavy atom. The number of anilines is 3. The van der Waals surface area contributed by atoms with Crippen molar-refractivity contribution in [2.75, 3.05) is 4.90 Å². The number of benzene rings is 4. The van der Waals surface area contributed by atoms with Crippen LogP contribution in [0.3, 0.4) is 0 Å². The molecule has 154 valence electrons. The second-order valence-electron chi connectivity index (χ2n) is 7.51. The summed E-state index contributed by atoms with van der Waals surface area (Å²) in [5.74, 6) is 6.22. The predicted octanol–water partition coefficient (Wildman–Crippen LogP) is 6.98. The van der Waals surface area contributed by atoms with Crippen LogP contribution in [0, 0.1) is 23.2 Å². The predicted molar refractivity (Wildman–Crippen MR) is 134 cm³/mol. The minimum Gasteiger partial charge on any atom is -0.308 e. The van der Waals surface area contributed by atoms with Gasteiger partial charge in [0.2, 0.25) is 0 Å². The summed E-state index contributed by atoms with van der Waals surface area (Å²) in [5.41, 5.74) is 5.28. The van der Waals surface area contributed by atoms with Crippen LogP contribution in [0.1, 0.15) is 16.8 Å². The van der Waals surface area contributed by atoms with Crippen LogP contribution in [-0.2, 0) is 0 Å². The van der Waals surface area contributed by atoms with Crippen molar-refractivity contribution in [2.45, 2.75) is 0 Å². The summed E-state index contributed by atoms with van der Waals surface area (Å²) < 4.78 is 0. The second-order valence-corrected chi connectivity index (χ2v) is 7.51.